The monoisotopic (exact) mass is 428 g/mol. The van der Waals surface area contributed by atoms with Crippen LogP contribution in [0, 0.1) is 0 Å². The standard InChI is InChI=1S/C26H36O5/c1-4-7-9-12-18-29-24-15-16-25(23-14-11-10-13-22(23)24)30-20-21(31-26(27)6-3)19-28-17-8-5-2/h6,10-11,13-16,21H,3-5,7-9,12,17-20H2,1-2H3. The second-order valence-electron chi connectivity index (χ2n) is 7.52. The number of hydrogen-bond donors (Lipinski definition) is 0. The normalized spacial score (nSPS) is 11.8. The zero-order chi connectivity index (χ0) is 22.3. The van der Waals surface area contributed by atoms with E-state index >= 15 is 0 Å². The molecule has 0 N–H and O–H groups in total. The molecule has 0 aromatic heterocycles. The van der Waals surface area contributed by atoms with Gasteiger partial charge in [0.25, 0.3) is 0 Å². The average Bonchev–Trinajstić information content (AvgIpc) is 2.80. The van der Waals surface area contributed by atoms with E-state index in [0.717, 1.165) is 47.6 Å². The predicted molar refractivity (Wildman–Crippen MR) is 125 cm³/mol. The topological polar surface area (TPSA) is 54.0 Å². The minimum absolute atomic E-state index is 0.201. The quantitative estimate of drug-likeness (QED) is 0.184. The van der Waals surface area contributed by atoms with Gasteiger partial charge < -0.3 is 18.9 Å². The van der Waals surface area contributed by atoms with Gasteiger partial charge >= 0.3 is 5.97 Å². The van der Waals surface area contributed by atoms with Crippen molar-refractivity contribution in [2.75, 3.05) is 26.4 Å². The number of ether oxygens (including phenoxy) is 4. The van der Waals surface area contributed by atoms with Gasteiger partial charge in [0.05, 0.1) is 13.2 Å². The fourth-order valence-electron chi connectivity index (χ4n) is 3.18. The highest BCUT2D eigenvalue weighted by atomic mass is 16.6. The maximum atomic E-state index is 11.7. The molecule has 0 saturated carbocycles. The Morgan fingerprint density at radius 2 is 1.55 bits per heavy atom. The Morgan fingerprint density at radius 1 is 0.871 bits per heavy atom. The Labute approximate surface area is 186 Å². The van der Waals surface area contributed by atoms with Crippen molar-refractivity contribution in [3.63, 3.8) is 0 Å². The number of hydrogen-bond acceptors (Lipinski definition) is 5. The van der Waals surface area contributed by atoms with Crippen molar-refractivity contribution in [3.05, 3.63) is 49.1 Å². The summed E-state index contributed by atoms with van der Waals surface area (Å²) in [5, 5.41) is 1.98. The Hall–Kier alpha value is -2.53. The van der Waals surface area contributed by atoms with Crippen LogP contribution >= 0.6 is 0 Å². The number of unbranched alkanes of at least 4 members (excludes halogenated alkanes) is 4. The molecule has 5 heteroatoms. The minimum Gasteiger partial charge on any atom is -0.493 e. The van der Waals surface area contributed by atoms with Gasteiger partial charge in [0.1, 0.15) is 18.1 Å². The summed E-state index contributed by atoms with van der Waals surface area (Å²) in [4.78, 5) is 11.7. The second-order valence-corrected chi connectivity index (χ2v) is 7.52. The minimum atomic E-state index is -0.504. The number of fused-ring (bicyclic) bond motifs is 1. The molecule has 0 radical (unpaired) electrons. The summed E-state index contributed by atoms with van der Waals surface area (Å²) in [6.07, 6.45) is 7.34. The van der Waals surface area contributed by atoms with Crippen LogP contribution in [0.15, 0.2) is 49.1 Å². The Balaban J connectivity index is 2.04. The van der Waals surface area contributed by atoms with E-state index in [-0.39, 0.29) is 13.2 Å². The van der Waals surface area contributed by atoms with Crippen LogP contribution in [0.2, 0.25) is 0 Å². The third kappa shape index (κ3) is 8.62. The van der Waals surface area contributed by atoms with Crippen LogP contribution in [-0.2, 0) is 14.3 Å². The number of benzene rings is 2. The largest absolute Gasteiger partial charge is 0.493 e. The van der Waals surface area contributed by atoms with Gasteiger partial charge in [-0.1, -0.05) is 70.4 Å². The fraction of sp³-hybridized carbons (Fsp3) is 0.500. The molecule has 0 amide bonds. The van der Waals surface area contributed by atoms with Crippen LogP contribution in [0.5, 0.6) is 11.5 Å². The molecule has 0 spiro atoms. The molecule has 0 heterocycles. The van der Waals surface area contributed by atoms with Gasteiger partial charge in [-0.15, -0.1) is 0 Å². The lowest BCUT2D eigenvalue weighted by Crippen LogP contribution is -2.29. The van der Waals surface area contributed by atoms with Crippen molar-refractivity contribution in [2.45, 2.75) is 58.5 Å². The molecule has 1 atom stereocenters. The van der Waals surface area contributed by atoms with E-state index in [4.69, 9.17) is 18.9 Å². The highest BCUT2D eigenvalue weighted by Gasteiger charge is 2.16. The molecule has 1 unspecified atom stereocenters. The van der Waals surface area contributed by atoms with Gasteiger partial charge in [0.15, 0.2) is 6.10 Å². The summed E-state index contributed by atoms with van der Waals surface area (Å²) in [5.41, 5.74) is 0. The van der Waals surface area contributed by atoms with E-state index in [1.54, 1.807) is 0 Å². The van der Waals surface area contributed by atoms with E-state index < -0.39 is 12.1 Å². The third-order valence-electron chi connectivity index (χ3n) is 4.92. The molecule has 0 bridgehead atoms. The van der Waals surface area contributed by atoms with Crippen LogP contribution in [-0.4, -0.2) is 38.5 Å². The third-order valence-corrected chi connectivity index (χ3v) is 4.92. The summed E-state index contributed by atoms with van der Waals surface area (Å²) in [6.45, 7) is 9.59. The Kier molecular flexibility index (Phi) is 11.5. The Bertz CT molecular complexity index is 801. The van der Waals surface area contributed by atoms with Crippen LogP contribution in [0.25, 0.3) is 10.8 Å². The van der Waals surface area contributed by atoms with Crippen molar-refractivity contribution in [1.29, 1.82) is 0 Å². The summed E-state index contributed by atoms with van der Waals surface area (Å²) < 4.78 is 23.1. The summed E-state index contributed by atoms with van der Waals surface area (Å²) in [6, 6.07) is 11.9. The van der Waals surface area contributed by atoms with Crippen LogP contribution < -0.4 is 9.47 Å². The Morgan fingerprint density at radius 3 is 2.19 bits per heavy atom. The van der Waals surface area contributed by atoms with Gasteiger partial charge in [-0.25, -0.2) is 4.79 Å². The van der Waals surface area contributed by atoms with Gasteiger partial charge in [-0.05, 0) is 25.0 Å². The van der Waals surface area contributed by atoms with Crippen molar-refractivity contribution < 1.29 is 23.7 Å². The average molecular weight is 429 g/mol. The lowest BCUT2D eigenvalue weighted by atomic mass is 10.1. The first kappa shape index (κ1) is 24.7. The number of esters is 1. The van der Waals surface area contributed by atoms with Crippen molar-refractivity contribution >= 4 is 16.7 Å². The van der Waals surface area contributed by atoms with Crippen LogP contribution in [0.1, 0.15) is 52.4 Å². The number of carbonyl (C=O) groups excluding carboxylic acids is 1. The summed E-state index contributed by atoms with van der Waals surface area (Å²) in [7, 11) is 0. The first-order valence-electron chi connectivity index (χ1n) is 11.4. The molecule has 2 aromatic carbocycles. The molecule has 31 heavy (non-hydrogen) atoms. The highest BCUT2D eigenvalue weighted by molar-refractivity contribution is 5.93. The van der Waals surface area contributed by atoms with Crippen molar-refractivity contribution in [2.24, 2.45) is 0 Å². The maximum Gasteiger partial charge on any atom is 0.330 e. The maximum absolute atomic E-state index is 11.7. The van der Waals surface area contributed by atoms with E-state index in [1.807, 2.05) is 36.4 Å². The highest BCUT2D eigenvalue weighted by Crippen LogP contribution is 2.33. The summed E-state index contributed by atoms with van der Waals surface area (Å²) in [5.74, 6) is 1.10. The van der Waals surface area contributed by atoms with Crippen molar-refractivity contribution in [3.8, 4) is 11.5 Å². The van der Waals surface area contributed by atoms with Gasteiger partial charge in [-0.3, -0.25) is 0 Å². The molecule has 170 valence electrons. The molecule has 0 fully saturated rings. The molecule has 0 aliphatic heterocycles. The molecular weight excluding hydrogens is 392 g/mol. The lowest BCUT2D eigenvalue weighted by molar-refractivity contribution is -0.148. The van der Waals surface area contributed by atoms with Gasteiger partial charge in [-0.2, -0.15) is 0 Å². The first-order valence-corrected chi connectivity index (χ1v) is 11.4. The SMILES string of the molecule is C=CC(=O)OC(COCCCC)COc1ccc(OCCCCCC)c2ccccc12. The zero-order valence-electron chi connectivity index (χ0n) is 18.9. The van der Waals surface area contributed by atoms with Crippen molar-refractivity contribution in [1.82, 2.24) is 0 Å². The molecule has 2 rings (SSSR count). The lowest BCUT2D eigenvalue weighted by Gasteiger charge is -2.19. The molecule has 0 saturated heterocycles. The van der Waals surface area contributed by atoms with Crippen LogP contribution in [0.3, 0.4) is 0 Å². The molecule has 5 nitrogen and oxygen atoms in total. The second kappa shape index (κ2) is 14.5. The van der Waals surface area contributed by atoms with Crippen LogP contribution in [0.4, 0.5) is 0 Å². The van der Waals surface area contributed by atoms with E-state index in [2.05, 4.69) is 20.4 Å². The number of rotatable bonds is 16. The molecular formula is C26H36O5. The fourth-order valence-corrected chi connectivity index (χ4v) is 3.18. The zero-order valence-corrected chi connectivity index (χ0v) is 18.9. The van der Waals surface area contributed by atoms with Gasteiger partial charge in [0.2, 0.25) is 0 Å². The van der Waals surface area contributed by atoms with E-state index in [1.165, 1.54) is 19.3 Å². The van der Waals surface area contributed by atoms with Gasteiger partial charge in [0, 0.05) is 23.5 Å². The number of carbonyl (C=O) groups is 1. The molecule has 2 aromatic rings. The predicted octanol–water partition coefficient (Wildman–Crippen LogP) is 6.09. The molecule has 0 aliphatic rings. The summed E-state index contributed by atoms with van der Waals surface area (Å²) >= 11 is 0. The van der Waals surface area contributed by atoms with E-state index in [0.29, 0.717) is 13.2 Å². The molecule has 0 aliphatic carbocycles. The van der Waals surface area contributed by atoms with E-state index in [9.17, 15) is 4.79 Å². The first-order chi connectivity index (χ1) is 15.2. The smallest absolute Gasteiger partial charge is 0.330 e.